The zero-order valence-electron chi connectivity index (χ0n) is 10.3. The third kappa shape index (κ3) is 5.65. The molecule has 1 heterocycles. The van der Waals surface area contributed by atoms with Crippen molar-refractivity contribution in [3.8, 4) is 0 Å². The Labute approximate surface area is 133 Å². The van der Waals surface area contributed by atoms with Crippen molar-refractivity contribution in [1.29, 1.82) is 0 Å². The number of nitrogens with zero attached hydrogens (tertiary/aromatic N) is 1. The van der Waals surface area contributed by atoms with Crippen LogP contribution < -0.4 is 11.1 Å². The van der Waals surface area contributed by atoms with Gasteiger partial charge in [0.1, 0.15) is 0 Å². The first-order valence-corrected chi connectivity index (χ1v) is 6.61. The molecule has 1 aromatic rings. The zero-order valence-corrected chi connectivity index (χ0v) is 13.6. The summed E-state index contributed by atoms with van der Waals surface area (Å²) in [5.41, 5.74) is 6.42. The van der Waals surface area contributed by atoms with E-state index in [2.05, 4.69) is 26.2 Å². The molecule has 0 aromatic carbocycles. The van der Waals surface area contributed by atoms with Gasteiger partial charge < -0.3 is 11.1 Å². The number of amides is 1. The summed E-state index contributed by atoms with van der Waals surface area (Å²) in [6, 6.07) is 2.33. The average Bonchev–Trinajstić information content (AvgIpc) is 2.32. The first-order chi connectivity index (χ1) is 8.15. The number of hydrogen-bond donors (Lipinski definition) is 2. The fraction of sp³-hybridized carbons (Fsp3) is 0.500. The average molecular weight is 371 g/mol. The highest BCUT2D eigenvalue weighted by molar-refractivity contribution is 9.10. The first kappa shape index (κ1) is 18.6. The van der Waals surface area contributed by atoms with Crippen LogP contribution in [-0.4, -0.2) is 23.0 Å². The van der Waals surface area contributed by atoms with E-state index < -0.39 is 0 Å². The molecule has 7 heteroatoms. The lowest BCUT2D eigenvalue weighted by atomic mass is 9.92. The van der Waals surface area contributed by atoms with Crippen LogP contribution in [0.25, 0.3) is 0 Å². The van der Waals surface area contributed by atoms with Gasteiger partial charge in [0, 0.05) is 29.0 Å². The van der Waals surface area contributed by atoms with Crippen LogP contribution in [0.1, 0.15) is 36.0 Å². The van der Waals surface area contributed by atoms with Gasteiger partial charge >= 0.3 is 0 Å². The van der Waals surface area contributed by atoms with E-state index >= 15 is 0 Å². The molecule has 4 nitrogen and oxygen atoms in total. The molecule has 1 saturated carbocycles. The highest BCUT2D eigenvalue weighted by Gasteiger charge is 2.20. The van der Waals surface area contributed by atoms with Crippen LogP contribution in [0.15, 0.2) is 22.9 Å². The van der Waals surface area contributed by atoms with E-state index in [1.807, 2.05) is 0 Å². The second-order valence-corrected chi connectivity index (χ2v) is 5.39. The van der Waals surface area contributed by atoms with Gasteiger partial charge in [0.25, 0.3) is 5.91 Å². The molecule has 0 bridgehead atoms. The third-order valence-electron chi connectivity index (χ3n) is 3.07. The van der Waals surface area contributed by atoms with E-state index in [0.29, 0.717) is 11.6 Å². The number of aromatic nitrogens is 1. The minimum Gasteiger partial charge on any atom is -0.349 e. The van der Waals surface area contributed by atoms with Gasteiger partial charge in [0.2, 0.25) is 0 Å². The number of nitrogens with one attached hydrogen (secondary N) is 1. The highest BCUT2D eigenvalue weighted by Crippen LogP contribution is 2.17. The van der Waals surface area contributed by atoms with Crippen molar-refractivity contribution in [3.05, 3.63) is 28.5 Å². The lowest BCUT2D eigenvalue weighted by Gasteiger charge is -2.26. The molecule has 0 unspecified atom stereocenters. The van der Waals surface area contributed by atoms with Crippen LogP contribution in [0, 0.1) is 0 Å². The Morgan fingerprint density at radius 1 is 1.26 bits per heavy atom. The van der Waals surface area contributed by atoms with Gasteiger partial charge in [-0.15, -0.1) is 24.8 Å². The van der Waals surface area contributed by atoms with E-state index in [9.17, 15) is 4.79 Å². The SMILES string of the molecule is Cl.Cl.NC1CCC(NC(=O)c2cncc(Br)c2)CC1. The number of carbonyl (C=O) groups excluding carboxylic acids is 1. The second-order valence-electron chi connectivity index (χ2n) is 4.48. The number of nitrogens with two attached hydrogens (primary N) is 1. The smallest absolute Gasteiger partial charge is 0.253 e. The lowest BCUT2D eigenvalue weighted by Crippen LogP contribution is -2.40. The van der Waals surface area contributed by atoms with E-state index in [1.54, 1.807) is 18.5 Å². The Morgan fingerprint density at radius 2 is 1.89 bits per heavy atom. The number of rotatable bonds is 2. The van der Waals surface area contributed by atoms with Crippen LogP contribution >= 0.6 is 40.7 Å². The van der Waals surface area contributed by atoms with Crippen molar-refractivity contribution in [3.63, 3.8) is 0 Å². The number of halogens is 3. The van der Waals surface area contributed by atoms with Crippen molar-refractivity contribution in [2.24, 2.45) is 5.73 Å². The maximum Gasteiger partial charge on any atom is 0.253 e. The van der Waals surface area contributed by atoms with Crippen molar-refractivity contribution in [2.45, 2.75) is 37.8 Å². The van der Waals surface area contributed by atoms with Crippen molar-refractivity contribution in [1.82, 2.24) is 10.3 Å². The topological polar surface area (TPSA) is 68.0 Å². The number of hydrogen-bond acceptors (Lipinski definition) is 3. The summed E-state index contributed by atoms with van der Waals surface area (Å²) in [5, 5.41) is 3.03. The summed E-state index contributed by atoms with van der Waals surface area (Å²) < 4.78 is 0.816. The summed E-state index contributed by atoms with van der Waals surface area (Å²) in [4.78, 5) is 15.9. The minimum atomic E-state index is -0.0562. The summed E-state index contributed by atoms with van der Waals surface area (Å²) in [6.45, 7) is 0. The van der Waals surface area contributed by atoms with E-state index in [-0.39, 0.29) is 36.8 Å². The molecule has 108 valence electrons. The third-order valence-corrected chi connectivity index (χ3v) is 3.51. The molecule has 1 aliphatic rings. The first-order valence-electron chi connectivity index (χ1n) is 5.82. The van der Waals surface area contributed by atoms with Gasteiger partial charge in [-0.25, -0.2) is 0 Å². The van der Waals surface area contributed by atoms with Crippen molar-refractivity contribution < 1.29 is 4.79 Å². The minimum absolute atomic E-state index is 0. The quantitative estimate of drug-likeness (QED) is 0.840. The molecule has 1 aromatic heterocycles. The van der Waals surface area contributed by atoms with Crippen molar-refractivity contribution in [2.75, 3.05) is 0 Å². The van der Waals surface area contributed by atoms with Gasteiger partial charge in [-0.3, -0.25) is 9.78 Å². The maximum absolute atomic E-state index is 11.9. The van der Waals surface area contributed by atoms with Gasteiger partial charge in [-0.1, -0.05) is 0 Å². The maximum atomic E-state index is 11.9. The molecule has 0 spiro atoms. The molecule has 0 saturated heterocycles. The van der Waals surface area contributed by atoms with Gasteiger partial charge in [0.15, 0.2) is 0 Å². The van der Waals surface area contributed by atoms with Gasteiger partial charge in [0.05, 0.1) is 5.56 Å². The summed E-state index contributed by atoms with van der Waals surface area (Å²) in [5.74, 6) is -0.0562. The fourth-order valence-corrected chi connectivity index (χ4v) is 2.43. The molecule has 1 aliphatic carbocycles. The molecule has 3 N–H and O–H groups in total. The van der Waals surface area contributed by atoms with E-state index in [0.717, 1.165) is 30.2 Å². The largest absolute Gasteiger partial charge is 0.349 e. The summed E-state index contributed by atoms with van der Waals surface area (Å²) >= 11 is 3.30. The van der Waals surface area contributed by atoms with Crippen LogP contribution in [0.3, 0.4) is 0 Å². The number of carbonyl (C=O) groups is 1. The second kappa shape index (κ2) is 8.74. The molecule has 1 fully saturated rings. The predicted molar refractivity (Wildman–Crippen MR) is 84.1 cm³/mol. The monoisotopic (exact) mass is 369 g/mol. The standard InChI is InChI=1S/C12H16BrN3O.2ClH/c13-9-5-8(6-15-7-9)12(17)16-11-3-1-10(14)2-4-11;;/h5-7,10-11H,1-4,14H2,(H,16,17);2*1H. The molecule has 19 heavy (non-hydrogen) atoms. The van der Waals surface area contributed by atoms with Crippen LogP contribution in [-0.2, 0) is 0 Å². The predicted octanol–water partition coefficient (Wildman–Crippen LogP) is 2.69. The summed E-state index contributed by atoms with van der Waals surface area (Å²) in [6.07, 6.45) is 7.15. The van der Waals surface area contributed by atoms with Gasteiger partial charge in [-0.2, -0.15) is 0 Å². The fourth-order valence-electron chi connectivity index (χ4n) is 2.07. The molecular formula is C12H18BrCl2N3O. The number of pyridine rings is 1. The van der Waals surface area contributed by atoms with E-state index in [1.165, 1.54) is 0 Å². The van der Waals surface area contributed by atoms with Gasteiger partial charge in [-0.05, 0) is 47.7 Å². The molecule has 1 amide bonds. The Hall–Kier alpha value is -0.360. The molecule has 0 radical (unpaired) electrons. The van der Waals surface area contributed by atoms with Crippen LogP contribution in [0.5, 0.6) is 0 Å². The Morgan fingerprint density at radius 3 is 2.47 bits per heavy atom. The molecule has 2 rings (SSSR count). The Balaban J connectivity index is 0.00000162. The molecule has 0 aliphatic heterocycles. The molecule has 0 atom stereocenters. The normalized spacial score (nSPS) is 21.8. The van der Waals surface area contributed by atoms with Crippen LogP contribution in [0.4, 0.5) is 0 Å². The zero-order chi connectivity index (χ0) is 12.3. The summed E-state index contributed by atoms with van der Waals surface area (Å²) in [7, 11) is 0. The highest BCUT2D eigenvalue weighted by atomic mass is 79.9. The van der Waals surface area contributed by atoms with E-state index in [4.69, 9.17) is 5.73 Å². The Kier molecular flexibility index (Phi) is 8.57. The van der Waals surface area contributed by atoms with Crippen molar-refractivity contribution >= 4 is 46.7 Å². The lowest BCUT2D eigenvalue weighted by molar-refractivity contribution is 0.0925. The Bertz CT molecular complexity index is 412. The van der Waals surface area contributed by atoms with Crippen LogP contribution in [0.2, 0.25) is 0 Å². The molecular weight excluding hydrogens is 353 g/mol.